The van der Waals surface area contributed by atoms with E-state index in [1.165, 1.54) is 12.1 Å². The third-order valence-corrected chi connectivity index (χ3v) is 3.64. The van der Waals surface area contributed by atoms with Crippen molar-refractivity contribution in [2.75, 3.05) is 0 Å². The molecule has 2 heterocycles. The number of aromatic amines is 1. The van der Waals surface area contributed by atoms with E-state index >= 15 is 0 Å². The first-order valence-electron chi connectivity index (χ1n) is 6.60. The van der Waals surface area contributed by atoms with E-state index in [4.69, 9.17) is 4.42 Å². The van der Waals surface area contributed by atoms with Crippen LogP contribution >= 0.6 is 0 Å². The van der Waals surface area contributed by atoms with Crippen molar-refractivity contribution < 1.29 is 17.6 Å². The summed E-state index contributed by atoms with van der Waals surface area (Å²) >= 11 is 0. The summed E-state index contributed by atoms with van der Waals surface area (Å²) in [5, 5.41) is 0. The predicted octanol–water partition coefficient (Wildman–Crippen LogP) is 3.19. The molecule has 0 aliphatic carbocycles. The van der Waals surface area contributed by atoms with E-state index in [1.54, 1.807) is 13.0 Å². The van der Waals surface area contributed by atoms with E-state index in [1.807, 2.05) is 0 Å². The third-order valence-electron chi connectivity index (χ3n) is 3.64. The smallest absolute Gasteiger partial charge is 0.331 e. The first kappa shape index (κ1) is 13.6. The van der Waals surface area contributed by atoms with Crippen LogP contribution in [0.15, 0.2) is 33.8 Å². The maximum absolute atomic E-state index is 14.4. The number of nitrogens with zero attached hydrogens (tertiary/aromatic N) is 2. The largest absolute Gasteiger partial charge is 0.441 e. The van der Waals surface area contributed by atoms with Gasteiger partial charge in [0.25, 0.3) is 0 Å². The van der Waals surface area contributed by atoms with Crippen LogP contribution in [0.1, 0.15) is 5.56 Å². The minimum absolute atomic E-state index is 0.0821. The Labute approximate surface area is 126 Å². The van der Waals surface area contributed by atoms with E-state index < -0.39 is 28.7 Å². The molecule has 0 saturated carbocycles. The lowest BCUT2D eigenvalue weighted by atomic mass is 10.2. The number of H-pyrrole nitrogens is 1. The second-order valence-corrected chi connectivity index (χ2v) is 5.10. The Hall–Kier alpha value is -3.03. The molecule has 0 radical (unpaired) electrons. The first-order valence-corrected chi connectivity index (χ1v) is 6.60. The fourth-order valence-electron chi connectivity index (χ4n) is 2.62. The Balaban J connectivity index is 2.22. The van der Waals surface area contributed by atoms with Crippen molar-refractivity contribution in [3.05, 3.63) is 58.1 Å². The second kappa shape index (κ2) is 4.48. The van der Waals surface area contributed by atoms with Crippen molar-refractivity contribution in [2.45, 2.75) is 6.92 Å². The first-order chi connectivity index (χ1) is 11.0. The number of rotatable bonds is 1. The van der Waals surface area contributed by atoms with Crippen molar-refractivity contribution in [3.63, 3.8) is 0 Å². The minimum atomic E-state index is -1.31. The molecule has 0 aliphatic heterocycles. The van der Waals surface area contributed by atoms with E-state index in [2.05, 4.69) is 9.97 Å². The van der Waals surface area contributed by atoms with Crippen LogP contribution < -0.4 is 5.69 Å². The van der Waals surface area contributed by atoms with E-state index in [0.29, 0.717) is 5.56 Å². The van der Waals surface area contributed by atoms with Crippen LogP contribution in [-0.2, 0) is 0 Å². The lowest BCUT2D eigenvalue weighted by Crippen LogP contribution is -2.16. The van der Waals surface area contributed by atoms with Crippen molar-refractivity contribution >= 4 is 22.1 Å². The molecule has 2 aromatic carbocycles. The molecule has 0 spiro atoms. The number of benzene rings is 2. The molecule has 0 unspecified atom stereocenters. The van der Waals surface area contributed by atoms with Crippen LogP contribution in [-0.4, -0.2) is 14.5 Å². The van der Waals surface area contributed by atoms with E-state index in [0.717, 1.165) is 11.0 Å². The van der Waals surface area contributed by atoms with Gasteiger partial charge in [-0.25, -0.2) is 22.9 Å². The van der Waals surface area contributed by atoms with E-state index in [-0.39, 0.29) is 22.3 Å². The number of oxazole rings is 1. The molecule has 0 aliphatic rings. The Morgan fingerprint density at radius 2 is 2.00 bits per heavy atom. The highest BCUT2D eigenvalue weighted by molar-refractivity contribution is 6.00. The molecule has 0 amide bonds. The molecule has 0 atom stereocenters. The lowest BCUT2D eigenvalue weighted by Gasteiger charge is -2.07. The highest BCUT2D eigenvalue weighted by atomic mass is 19.2. The fraction of sp³-hybridized carbons (Fsp3) is 0.0667. The molecule has 0 saturated heterocycles. The topological polar surface area (TPSA) is 63.8 Å². The highest BCUT2D eigenvalue weighted by Crippen LogP contribution is 2.30. The molecule has 4 aromatic rings. The molecular weight excluding hydrogens is 311 g/mol. The summed E-state index contributed by atoms with van der Waals surface area (Å²) in [6, 6.07) is 4.08. The van der Waals surface area contributed by atoms with Gasteiger partial charge < -0.3 is 9.40 Å². The molecule has 5 nitrogen and oxygen atoms in total. The molecule has 4 rings (SSSR count). The standard InChI is InChI=1S/C15H8F3N3O2/c1-6-2-3-8(7(16)4-6)21-13-10(18)9(17)11-14(23-5-19-11)12(13)20-15(21)22/h2-5H,1H3,(H,20,22). The molecular formula is C15H8F3N3O2. The van der Waals surface area contributed by atoms with Gasteiger partial charge in [0.15, 0.2) is 29.1 Å². The monoisotopic (exact) mass is 319 g/mol. The summed E-state index contributed by atoms with van der Waals surface area (Å²) in [6.45, 7) is 1.67. The van der Waals surface area contributed by atoms with Gasteiger partial charge in [0.2, 0.25) is 0 Å². The number of fused-ring (bicyclic) bond motifs is 3. The summed E-state index contributed by atoms with van der Waals surface area (Å²) < 4.78 is 48.5. The molecule has 23 heavy (non-hydrogen) atoms. The number of hydrogen-bond donors (Lipinski definition) is 1. The van der Waals surface area contributed by atoms with Crippen LogP contribution in [0.25, 0.3) is 27.8 Å². The van der Waals surface area contributed by atoms with Crippen LogP contribution in [0.3, 0.4) is 0 Å². The van der Waals surface area contributed by atoms with Crippen LogP contribution in [0.4, 0.5) is 13.2 Å². The summed E-state index contributed by atoms with van der Waals surface area (Å²) in [5.41, 5.74) is -1.34. The summed E-state index contributed by atoms with van der Waals surface area (Å²) in [4.78, 5) is 18.1. The summed E-state index contributed by atoms with van der Waals surface area (Å²) in [7, 11) is 0. The quantitative estimate of drug-likeness (QED) is 0.586. The maximum Gasteiger partial charge on any atom is 0.331 e. The van der Waals surface area contributed by atoms with Gasteiger partial charge in [0, 0.05) is 0 Å². The number of nitrogens with one attached hydrogen (secondary N) is 1. The average molecular weight is 319 g/mol. The van der Waals surface area contributed by atoms with Crippen molar-refractivity contribution in [1.82, 2.24) is 14.5 Å². The Morgan fingerprint density at radius 1 is 1.22 bits per heavy atom. The van der Waals surface area contributed by atoms with Crippen molar-refractivity contribution in [3.8, 4) is 5.69 Å². The zero-order valence-electron chi connectivity index (χ0n) is 11.7. The van der Waals surface area contributed by atoms with Gasteiger partial charge in [-0.3, -0.25) is 4.57 Å². The van der Waals surface area contributed by atoms with E-state index in [9.17, 15) is 18.0 Å². The predicted molar refractivity (Wildman–Crippen MR) is 76.1 cm³/mol. The maximum atomic E-state index is 14.4. The molecule has 1 N–H and O–H groups in total. The number of hydrogen-bond acceptors (Lipinski definition) is 3. The Morgan fingerprint density at radius 3 is 2.74 bits per heavy atom. The van der Waals surface area contributed by atoms with Gasteiger partial charge >= 0.3 is 5.69 Å². The third kappa shape index (κ3) is 1.74. The minimum Gasteiger partial charge on any atom is -0.441 e. The summed E-state index contributed by atoms with van der Waals surface area (Å²) in [6.07, 6.45) is 0.939. The fourth-order valence-corrected chi connectivity index (χ4v) is 2.62. The molecule has 0 bridgehead atoms. The zero-order valence-corrected chi connectivity index (χ0v) is 11.7. The molecule has 2 aromatic heterocycles. The molecule has 0 fully saturated rings. The van der Waals surface area contributed by atoms with Gasteiger partial charge in [-0.2, -0.15) is 0 Å². The van der Waals surface area contributed by atoms with Crippen LogP contribution in [0.2, 0.25) is 0 Å². The number of halogens is 3. The van der Waals surface area contributed by atoms with Crippen molar-refractivity contribution in [1.29, 1.82) is 0 Å². The average Bonchev–Trinajstić information content (AvgIpc) is 3.10. The molecule has 116 valence electrons. The number of imidazole rings is 1. The Kier molecular flexibility index (Phi) is 2.65. The number of aryl methyl sites for hydroxylation is 1. The highest BCUT2D eigenvalue weighted by Gasteiger charge is 2.24. The molecule has 8 heteroatoms. The van der Waals surface area contributed by atoms with Gasteiger partial charge in [-0.15, -0.1) is 0 Å². The zero-order chi connectivity index (χ0) is 16.3. The van der Waals surface area contributed by atoms with Gasteiger partial charge in [-0.1, -0.05) is 6.07 Å². The van der Waals surface area contributed by atoms with Gasteiger partial charge in [-0.05, 0) is 24.6 Å². The van der Waals surface area contributed by atoms with Crippen LogP contribution in [0, 0.1) is 24.4 Å². The van der Waals surface area contributed by atoms with Gasteiger partial charge in [0.1, 0.15) is 16.9 Å². The Bertz CT molecular complexity index is 1140. The van der Waals surface area contributed by atoms with Crippen LogP contribution in [0.5, 0.6) is 0 Å². The lowest BCUT2D eigenvalue weighted by molar-refractivity contribution is 0.519. The normalized spacial score (nSPS) is 11.7. The number of aromatic nitrogens is 3. The van der Waals surface area contributed by atoms with Gasteiger partial charge in [0.05, 0.1) is 5.69 Å². The second-order valence-electron chi connectivity index (χ2n) is 5.10. The SMILES string of the molecule is Cc1ccc(-n2c(=O)[nH]c3c4ocnc4c(F)c(F)c32)c(F)c1. The summed E-state index contributed by atoms with van der Waals surface area (Å²) in [5.74, 6) is -3.30. The van der Waals surface area contributed by atoms with Crippen molar-refractivity contribution in [2.24, 2.45) is 0 Å².